The number of hydrogen-bond donors (Lipinski definition) is 1. The van der Waals surface area contributed by atoms with Gasteiger partial charge in [-0.1, -0.05) is 6.42 Å². The van der Waals surface area contributed by atoms with Crippen LogP contribution < -0.4 is 5.32 Å². The zero-order valence-corrected chi connectivity index (χ0v) is 11.4. The van der Waals surface area contributed by atoms with E-state index in [0.29, 0.717) is 17.1 Å². The molecule has 1 aromatic rings. The van der Waals surface area contributed by atoms with Crippen molar-refractivity contribution >= 4 is 23.5 Å². The van der Waals surface area contributed by atoms with Crippen LogP contribution in [0.2, 0.25) is 0 Å². The average molecular weight is 267 g/mol. The minimum absolute atomic E-state index is 0.237. The van der Waals surface area contributed by atoms with Crippen LogP contribution in [0, 0.1) is 0 Å². The Morgan fingerprint density at radius 1 is 1.50 bits per heavy atom. The summed E-state index contributed by atoms with van der Waals surface area (Å²) >= 11 is 1.87. The number of carbonyl (C=O) groups excluding carboxylic acids is 1. The number of nitrogens with zero attached hydrogens (tertiary/aromatic N) is 2. The van der Waals surface area contributed by atoms with Crippen LogP contribution in [0.15, 0.2) is 12.4 Å². The third kappa shape index (κ3) is 2.93. The second-order valence-electron chi connectivity index (χ2n) is 4.24. The summed E-state index contributed by atoms with van der Waals surface area (Å²) in [6.45, 7) is 0. The summed E-state index contributed by atoms with van der Waals surface area (Å²) in [5.74, 6) is 0.183. The van der Waals surface area contributed by atoms with Crippen molar-refractivity contribution in [3.05, 3.63) is 18.1 Å². The van der Waals surface area contributed by atoms with Crippen LogP contribution in [0.1, 0.15) is 29.8 Å². The van der Waals surface area contributed by atoms with Gasteiger partial charge in [-0.2, -0.15) is 11.8 Å². The van der Waals surface area contributed by atoms with E-state index in [0.717, 1.165) is 6.42 Å². The molecule has 6 heteroatoms. The molecule has 0 amide bonds. The summed E-state index contributed by atoms with van der Waals surface area (Å²) in [6, 6.07) is 0.405. The molecule has 1 fully saturated rings. The van der Waals surface area contributed by atoms with Gasteiger partial charge in [-0.25, -0.2) is 9.78 Å². The molecule has 1 saturated carbocycles. The standard InChI is InChI=1S/C12H17N3O2S/c1-17-12(16)9-6-13-7-11(15-9)14-8-4-3-5-10(8)18-2/h6-8,10H,3-5H2,1-2H3,(H,14,15). The molecule has 0 aliphatic heterocycles. The number of nitrogens with one attached hydrogen (secondary N) is 1. The number of rotatable bonds is 4. The summed E-state index contributed by atoms with van der Waals surface area (Å²) in [6.07, 6.45) is 8.77. The summed E-state index contributed by atoms with van der Waals surface area (Å²) < 4.78 is 4.63. The molecule has 1 N–H and O–H groups in total. The minimum Gasteiger partial charge on any atom is -0.464 e. The zero-order valence-electron chi connectivity index (χ0n) is 10.5. The normalized spacial score (nSPS) is 22.8. The maximum Gasteiger partial charge on any atom is 0.358 e. The smallest absolute Gasteiger partial charge is 0.358 e. The first kappa shape index (κ1) is 13.1. The van der Waals surface area contributed by atoms with Crippen LogP contribution in [-0.2, 0) is 4.74 Å². The summed E-state index contributed by atoms with van der Waals surface area (Å²) in [4.78, 5) is 19.6. The Morgan fingerprint density at radius 2 is 2.33 bits per heavy atom. The lowest BCUT2D eigenvalue weighted by Crippen LogP contribution is -2.26. The van der Waals surface area contributed by atoms with E-state index in [4.69, 9.17) is 0 Å². The van der Waals surface area contributed by atoms with Gasteiger partial charge in [-0.15, -0.1) is 0 Å². The molecule has 0 saturated heterocycles. The Morgan fingerprint density at radius 3 is 3.06 bits per heavy atom. The van der Waals surface area contributed by atoms with Crippen LogP contribution in [-0.4, -0.2) is 40.6 Å². The van der Waals surface area contributed by atoms with E-state index in [1.807, 2.05) is 11.8 Å². The molecule has 0 bridgehead atoms. The minimum atomic E-state index is -0.459. The fraction of sp³-hybridized carbons (Fsp3) is 0.583. The summed E-state index contributed by atoms with van der Waals surface area (Å²) in [5, 5.41) is 3.96. The highest BCUT2D eigenvalue weighted by atomic mass is 32.2. The summed E-state index contributed by atoms with van der Waals surface area (Å²) in [5.41, 5.74) is 0.237. The van der Waals surface area contributed by atoms with E-state index in [2.05, 4.69) is 26.3 Å². The number of esters is 1. The molecule has 1 aliphatic carbocycles. The number of hydrogen-bond acceptors (Lipinski definition) is 6. The molecular formula is C12H17N3O2S. The number of methoxy groups -OCH3 is 1. The molecule has 18 heavy (non-hydrogen) atoms. The van der Waals surface area contributed by atoms with Crippen molar-refractivity contribution in [3.63, 3.8) is 0 Å². The predicted molar refractivity (Wildman–Crippen MR) is 71.9 cm³/mol. The lowest BCUT2D eigenvalue weighted by atomic mass is 10.2. The second-order valence-corrected chi connectivity index (χ2v) is 5.31. The van der Waals surface area contributed by atoms with Gasteiger partial charge in [0.1, 0.15) is 5.82 Å². The first-order chi connectivity index (χ1) is 8.74. The van der Waals surface area contributed by atoms with Gasteiger partial charge in [-0.05, 0) is 19.1 Å². The van der Waals surface area contributed by atoms with Crippen LogP contribution in [0.25, 0.3) is 0 Å². The van der Waals surface area contributed by atoms with Crippen LogP contribution in [0.3, 0.4) is 0 Å². The topological polar surface area (TPSA) is 64.1 Å². The van der Waals surface area contributed by atoms with E-state index in [1.54, 1.807) is 6.20 Å². The first-order valence-electron chi connectivity index (χ1n) is 5.94. The first-order valence-corrected chi connectivity index (χ1v) is 7.23. The van der Waals surface area contributed by atoms with Gasteiger partial charge in [0.2, 0.25) is 0 Å². The largest absolute Gasteiger partial charge is 0.464 e. The summed E-state index contributed by atoms with van der Waals surface area (Å²) in [7, 11) is 1.34. The SMILES string of the molecule is COC(=O)c1cncc(NC2CCCC2SC)n1. The van der Waals surface area contributed by atoms with Gasteiger partial charge in [0.15, 0.2) is 5.69 Å². The van der Waals surface area contributed by atoms with Gasteiger partial charge in [0.05, 0.1) is 19.5 Å². The van der Waals surface area contributed by atoms with Crippen molar-refractivity contribution in [1.29, 1.82) is 0 Å². The predicted octanol–water partition coefficient (Wildman–Crippen LogP) is 1.96. The van der Waals surface area contributed by atoms with E-state index < -0.39 is 5.97 Å². The highest BCUT2D eigenvalue weighted by Gasteiger charge is 2.26. The third-order valence-electron chi connectivity index (χ3n) is 3.12. The maximum atomic E-state index is 11.4. The molecule has 2 unspecified atom stereocenters. The molecule has 2 rings (SSSR count). The third-order valence-corrected chi connectivity index (χ3v) is 4.29. The number of thioether (sulfide) groups is 1. The van der Waals surface area contributed by atoms with Crippen molar-refractivity contribution in [1.82, 2.24) is 9.97 Å². The Kier molecular flexibility index (Phi) is 4.41. The Bertz CT molecular complexity index is 428. The zero-order chi connectivity index (χ0) is 13.0. The monoisotopic (exact) mass is 267 g/mol. The fourth-order valence-corrected chi connectivity index (χ4v) is 3.14. The molecule has 1 aliphatic rings. The molecule has 1 aromatic heterocycles. The molecular weight excluding hydrogens is 250 g/mol. The van der Waals surface area contributed by atoms with Gasteiger partial charge >= 0.3 is 5.97 Å². The van der Waals surface area contributed by atoms with Crippen molar-refractivity contribution < 1.29 is 9.53 Å². The van der Waals surface area contributed by atoms with Crippen LogP contribution >= 0.6 is 11.8 Å². The fourth-order valence-electron chi connectivity index (χ4n) is 2.20. The molecule has 0 radical (unpaired) electrons. The molecule has 0 aromatic carbocycles. The van der Waals surface area contributed by atoms with E-state index in [-0.39, 0.29) is 5.69 Å². The van der Waals surface area contributed by atoms with Gasteiger partial charge in [0.25, 0.3) is 0 Å². The van der Waals surface area contributed by atoms with E-state index in [9.17, 15) is 4.79 Å². The lowest BCUT2D eigenvalue weighted by Gasteiger charge is -2.19. The molecule has 0 spiro atoms. The maximum absolute atomic E-state index is 11.4. The Balaban J connectivity index is 2.07. The quantitative estimate of drug-likeness (QED) is 0.841. The van der Waals surface area contributed by atoms with Crippen molar-refractivity contribution in [2.75, 3.05) is 18.7 Å². The average Bonchev–Trinajstić information content (AvgIpc) is 2.85. The van der Waals surface area contributed by atoms with Crippen molar-refractivity contribution in [2.24, 2.45) is 0 Å². The van der Waals surface area contributed by atoms with Crippen LogP contribution in [0.4, 0.5) is 5.82 Å². The van der Waals surface area contributed by atoms with Crippen molar-refractivity contribution in [2.45, 2.75) is 30.6 Å². The molecule has 2 atom stereocenters. The molecule has 1 heterocycles. The van der Waals surface area contributed by atoms with Crippen molar-refractivity contribution in [3.8, 4) is 0 Å². The van der Waals surface area contributed by atoms with E-state index >= 15 is 0 Å². The van der Waals surface area contributed by atoms with E-state index in [1.165, 1.54) is 26.1 Å². The Hall–Kier alpha value is -1.30. The number of carbonyl (C=O) groups is 1. The number of ether oxygens (including phenoxy) is 1. The highest BCUT2D eigenvalue weighted by Crippen LogP contribution is 2.30. The lowest BCUT2D eigenvalue weighted by molar-refractivity contribution is 0.0593. The van der Waals surface area contributed by atoms with Gasteiger partial charge in [-0.3, -0.25) is 4.98 Å². The van der Waals surface area contributed by atoms with Crippen LogP contribution in [0.5, 0.6) is 0 Å². The second kappa shape index (κ2) is 6.04. The van der Waals surface area contributed by atoms with Gasteiger partial charge in [0, 0.05) is 11.3 Å². The highest BCUT2D eigenvalue weighted by molar-refractivity contribution is 7.99. The molecule has 98 valence electrons. The number of aromatic nitrogens is 2. The molecule has 5 nitrogen and oxygen atoms in total. The van der Waals surface area contributed by atoms with Gasteiger partial charge < -0.3 is 10.1 Å². The Labute approximate surface area is 111 Å². The number of anilines is 1.